The molecule has 0 radical (unpaired) electrons. The molecule has 0 saturated carbocycles. The van der Waals surface area contributed by atoms with E-state index in [0.717, 1.165) is 31.6 Å². The number of rotatable bonds is 2. The Morgan fingerprint density at radius 2 is 2.00 bits per heavy atom. The molecule has 1 fully saturated rings. The molecular formula is C15H19FN2. The van der Waals surface area contributed by atoms with Crippen molar-refractivity contribution in [3.8, 4) is 6.07 Å². The monoisotopic (exact) mass is 246 g/mol. The second-order valence-corrected chi connectivity index (χ2v) is 5.46. The van der Waals surface area contributed by atoms with Crippen molar-refractivity contribution in [2.75, 3.05) is 18.0 Å². The first-order chi connectivity index (χ1) is 8.56. The third-order valence-corrected chi connectivity index (χ3v) is 4.20. The predicted octanol–water partition coefficient (Wildman–Crippen LogP) is 3.71. The van der Waals surface area contributed by atoms with Crippen LogP contribution in [0.15, 0.2) is 18.2 Å². The van der Waals surface area contributed by atoms with Crippen LogP contribution in [0.1, 0.15) is 38.7 Å². The molecule has 3 heteroatoms. The fraction of sp³-hybridized carbons (Fsp3) is 0.533. The quantitative estimate of drug-likeness (QED) is 0.795. The highest BCUT2D eigenvalue weighted by Crippen LogP contribution is 2.35. The van der Waals surface area contributed by atoms with Crippen molar-refractivity contribution in [1.29, 1.82) is 5.26 Å². The van der Waals surface area contributed by atoms with Crippen molar-refractivity contribution in [2.24, 2.45) is 5.41 Å². The molecule has 1 aromatic rings. The minimum atomic E-state index is -0.326. The molecule has 18 heavy (non-hydrogen) atoms. The Hall–Kier alpha value is -1.56. The molecule has 0 unspecified atom stereocenters. The normalized spacial score (nSPS) is 18.4. The van der Waals surface area contributed by atoms with Gasteiger partial charge in [-0.1, -0.05) is 20.3 Å². The highest BCUT2D eigenvalue weighted by molar-refractivity contribution is 5.52. The number of anilines is 1. The van der Waals surface area contributed by atoms with Crippen LogP contribution in [0, 0.1) is 22.6 Å². The van der Waals surface area contributed by atoms with Crippen LogP contribution in [-0.2, 0) is 0 Å². The van der Waals surface area contributed by atoms with Gasteiger partial charge in [-0.25, -0.2) is 4.39 Å². The van der Waals surface area contributed by atoms with E-state index in [2.05, 4.69) is 18.7 Å². The topological polar surface area (TPSA) is 27.0 Å². The summed E-state index contributed by atoms with van der Waals surface area (Å²) in [5.74, 6) is -0.326. The van der Waals surface area contributed by atoms with Crippen LogP contribution in [0.3, 0.4) is 0 Å². The van der Waals surface area contributed by atoms with E-state index in [0.29, 0.717) is 11.0 Å². The molecule has 0 N–H and O–H groups in total. The summed E-state index contributed by atoms with van der Waals surface area (Å²) in [5.41, 5.74) is 1.65. The molecule has 1 saturated heterocycles. The highest BCUT2D eigenvalue weighted by Gasteiger charge is 2.28. The molecule has 0 aliphatic carbocycles. The summed E-state index contributed by atoms with van der Waals surface area (Å²) in [6.45, 7) is 6.43. The molecule has 0 bridgehead atoms. The van der Waals surface area contributed by atoms with Gasteiger partial charge >= 0.3 is 0 Å². The third-order valence-electron chi connectivity index (χ3n) is 4.20. The molecule has 1 aliphatic rings. The van der Waals surface area contributed by atoms with Crippen molar-refractivity contribution < 1.29 is 4.39 Å². The minimum absolute atomic E-state index is 0.326. The molecule has 2 rings (SSSR count). The molecule has 0 atom stereocenters. The summed E-state index contributed by atoms with van der Waals surface area (Å²) in [5, 5.41) is 8.87. The first kappa shape index (κ1) is 12.9. The van der Waals surface area contributed by atoms with E-state index in [9.17, 15) is 4.39 Å². The first-order valence-corrected chi connectivity index (χ1v) is 6.52. The van der Waals surface area contributed by atoms with Gasteiger partial charge in [0.25, 0.3) is 0 Å². The lowest BCUT2D eigenvalue weighted by Crippen LogP contribution is -2.38. The summed E-state index contributed by atoms with van der Waals surface area (Å²) in [7, 11) is 0. The fourth-order valence-corrected chi connectivity index (χ4v) is 2.48. The Balaban J connectivity index is 2.15. The lowest BCUT2D eigenvalue weighted by atomic mass is 9.78. The van der Waals surface area contributed by atoms with E-state index >= 15 is 0 Å². The predicted molar refractivity (Wildman–Crippen MR) is 71.0 cm³/mol. The highest BCUT2D eigenvalue weighted by atomic mass is 19.1. The number of benzene rings is 1. The zero-order valence-electron chi connectivity index (χ0n) is 11.0. The van der Waals surface area contributed by atoms with Gasteiger partial charge in [-0.3, -0.25) is 0 Å². The van der Waals surface area contributed by atoms with Crippen molar-refractivity contribution in [3.05, 3.63) is 29.6 Å². The summed E-state index contributed by atoms with van der Waals surface area (Å²) in [4.78, 5) is 2.18. The number of nitriles is 1. The third kappa shape index (κ3) is 2.64. The zero-order valence-corrected chi connectivity index (χ0v) is 11.0. The van der Waals surface area contributed by atoms with E-state index < -0.39 is 0 Å². The van der Waals surface area contributed by atoms with E-state index in [1.165, 1.54) is 18.6 Å². The Kier molecular flexibility index (Phi) is 3.56. The van der Waals surface area contributed by atoms with Gasteiger partial charge < -0.3 is 4.90 Å². The van der Waals surface area contributed by atoms with E-state index in [-0.39, 0.29) is 5.82 Å². The number of nitrogens with zero attached hydrogens (tertiary/aromatic N) is 2. The Morgan fingerprint density at radius 3 is 2.56 bits per heavy atom. The van der Waals surface area contributed by atoms with Gasteiger partial charge in [0.15, 0.2) is 0 Å². The van der Waals surface area contributed by atoms with Gasteiger partial charge in [0.2, 0.25) is 0 Å². The van der Waals surface area contributed by atoms with Crippen molar-refractivity contribution in [1.82, 2.24) is 0 Å². The van der Waals surface area contributed by atoms with Gasteiger partial charge in [0, 0.05) is 18.8 Å². The van der Waals surface area contributed by atoms with E-state index in [1.54, 1.807) is 6.07 Å². The molecular weight excluding hydrogens is 227 g/mol. The summed E-state index contributed by atoms with van der Waals surface area (Å²) in [6, 6.07) is 6.59. The van der Waals surface area contributed by atoms with E-state index in [4.69, 9.17) is 5.26 Å². The van der Waals surface area contributed by atoms with Gasteiger partial charge in [-0.05, 0) is 36.5 Å². The molecule has 2 nitrogen and oxygen atoms in total. The van der Waals surface area contributed by atoms with Gasteiger partial charge in [0.05, 0.1) is 11.6 Å². The maximum absolute atomic E-state index is 13.4. The fourth-order valence-electron chi connectivity index (χ4n) is 2.48. The molecule has 1 aliphatic heterocycles. The van der Waals surface area contributed by atoms with Gasteiger partial charge in [-0.2, -0.15) is 5.26 Å². The largest absolute Gasteiger partial charge is 0.371 e. The van der Waals surface area contributed by atoms with Crippen LogP contribution >= 0.6 is 0 Å². The standard InChI is InChI=1S/C15H19FN2/c1-3-15(2)4-6-18(7-5-15)14-9-12(11-17)8-13(16)10-14/h8-10H,3-7H2,1-2H3. The Labute approximate surface area is 108 Å². The van der Waals surface area contributed by atoms with Crippen LogP contribution < -0.4 is 4.90 Å². The molecule has 1 aromatic carbocycles. The second kappa shape index (κ2) is 4.97. The molecule has 0 aromatic heterocycles. The van der Waals surface area contributed by atoms with Crippen LogP contribution in [0.25, 0.3) is 0 Å². The van der Waals surface area contributed by atoms with Crippen LogP contribution in [0.5, 0.6) is 0 Å². The lowest BCUT2D eigenvalue weighted by Gasteiger charge is -2.40. The minimum Gasteiger partial charge on any atom is -0.371 e. The summed E-state index contributed by atoms with van der Waals surface area (Å²) < 4.78 is 13.4. The molecule has 0 amide bonds. The number of halogens is 1. The molecule has 0 spiro atoms. The van der Waals surface area contributed by atoms with Crippen molar-refractivity contribution in [2.45, 2.75) is 33.1 Å². The number of hydrogen-bond acceptors (Lipinski definition) is 2. The lowest BCUT2D eigenvalue weighted by molar-refractivity contribution is 0.238. The second-order valence-electron chi connectivity index (χ2n) is 5.46. The maximum atomic E-state index is 13.4. The SMILES string of the molecule is CCC1(C)CCN(c2cc(F)cc(C#N)c2)CC1. The number of piperidine rings is 1. The van der Waals surface area contributed by atoms with Crippen LogP contribution in [-0.4, -0.2) is 13.1 Å². The Bertz CT molecular complexity index is 468. The number of hydrogen-bond donors (Lipinski definition) is 0. The van der Waals surface area contributed by atoms with Gasteiger partial charge in [0.1, 0.15) is 5.82 Å². The van der Waals surface area contributed by atoms with E-state index in [1.807, 2.05) is 6.07 Å². The van der Waals surface area contributed by atoms with Crippen molar-refractivity contribution in [3.63, 3.8) is 0 Å². The molecule has 96 valence electrons. The maximum Gasteiger partial charge on any atom is 0.126 e. The summed E-state index contributed by atoms with van der Waals surface area (Å²) in [6.07, 6.45) is 3.44. The van der Waals surface area contributed by atoms with Gasteiger partial charge in [-0.15, -0.1) is 0 Å². The van der Waals surface area contributed by atoms with Crippen molar-refractivity contribution >= 4 is 5.69 Å². The average Bonchev–Trinajstić information content (AvgIpc) is 2.39. The Morgan fingerprint density at radius 1 is 1.33 bits per heavy atom. The average molecular weight is 246 g/mol. The zero-order chi connectivity index (χ0) is 13.2. The first-order valence-electron chi connectivity index (χ1n) is 6.52. The smallest absolute Gasteiger partial charge is 0.126 e. The molecule has 1 heterocycles. The van der Waals surface area contributed by atoms with Crippen LogP contribution in [0.2, 0.25) is 0 Å². The summed E-state index contributed by atoms with van der Waals surface area (Å²) >= 11 is 0. The van der Waals surface area contributed by atoms with Crippen LogP contribution in [0.4, 0.5) is 10.1 Å².